The first-order valence-electron chi connectivity index (χ1n) is 3.46. The van der Waals surface area contributed by atoms with Crippen LogP contribution >= 0.6 is 22.6 Å². The van der Waals surface area contributed by atoms with Gasteiger partial charge < -0.3 is 10.1 Å². The van der Waals surface area contributed by atoms with E-state index in [0.29, 0.717) is 12.4 Å². The van der Waals surface area contributed by atoms with Gasteiger partial charge >= 0.3 is 0 Å². The number of nitrogens with one attached hydrogen (secondary N) is 1. The lowest BCUT2D eigenvalue weighted by atomic mass is 10.5. The molecular weight excluding hydrogens is 269 g/mol. The molecule has 0 unspecified atom stereocenters. The van der Waals surface area contributed by atoms with Crippen molar-refractivity contribution in [2.75, 3.05) is 19.5 Å². The van der Waals surface area contributed by atoms with E-state index in [-0.39, 0.29) is 0 Å². The minimum Gasteiger partial charge on any atom is -0.377 e. The summed E-state index contributed by atoms with van der Waals surface area (Å²) in [6, 6.07) is 0. The number of aromatic nitrogens is 2. The molecule has 0 bridgehead atoms. The van der Waals surface area contributed by atoms with Crippen molar-refractivity contribution in [1.82, 2.24) is 9.97 Å². The van der Waals surface area contributed by atoms with Crippen molar-refractivity contribution in [3.8, 4) is 0 Å². The van der Waals surface area contributed by atoms with Gasteiger partial charge in [0.1, 0.15) is 12.4 Å². The van der Waals surface area contributed by atoms with E-state index in [4.69, 9.17) is 4.74 Å². The first-order valence-corrected chi connectivity index (χ1v) is 4.54. The monoisotopic (exact) mass is 279 g/mol. The van der Waals surface area contributed by atoms with E-state index in [0.717, 1.165) is 9.39 Å². The van der Waals surface area contributed by atoms with Gasteiger partial charge in [0.05, 0.1) is 3.57 Å². The molecular formula is C7H10IN3O. The van der Waals surface area contributed by atoms with Gasteiger partial charge in [-0.15, -0.1) is 0 Å². The number of halogens is 1. The summed E-state index contributed by atoms with van der Waals surface area (Å²) in [5.41, 5.74) is 0. The van der Waals surface area contributed by atoms with Crippen LogP contribution in [0.3, 0.4) is 0 Å². The van der Waals surface area contributed by atoms with Crippen molar-refractivity contribution in [3.05, 3.63) is 15.6 Å². The number of hydrogen-bond donors (Lipinski definition) is 1. The van der Waals surface area contributed by atoms with Crippen molar-refractivity contribution in [3.63, 3.8) is 0 Å². The van der Waals surface area contributed by atoms with Crippen LogP contribution in [0.5, 0.6) is 0 Å². The van der Waals surface area contributed by atoms with E-state index < -0.39 is 0 Å². The third kappa shape index (κ3) is 2.28. The Hall–Kier alpha value is -0.430. The Morgan fingerprint density at radius 2 is 2.42 bits per heavy atom. The van der Waals surface area contributed by atoms with E-state index in [9.17, 15) is 0 Å². The van der Waals surface area contributed by atoms with Crippen LogP contribution in [0.4, 0.5) is 5.82 Å². The molecule has 1 aromatic heterocycles. The Morgan fingerprint density at radius 1 is 1.67 bits per heavy atom. The van der Waals surface area contributed by atoms with Gasteiger partial charge in [-0.3, -0.25) is 0 Å². The van der Waals surface area contributed by atoms with Crippen molar-refractivity contribution in [2.45, 2.75) is 6.61 Å². The van der Waals surface area contributed by atoms with Crippen LogP contribution in [0.2, 0.25) is 0 Å². The largest absolute Gasteiger partial charge is 0.377 e. The zero-order valence-electron chi connectivity index (χ0n) is 6.97. The average Bonchev–Trinajstić information content (AvgIpc) is 2.09. The number of ether oxygens (including phenoxy) is 1. The SMILES string of the molecule is CNc1nc(COC)ncc1I. The Morgan fingerprint density at radius 3 is 3.00 bits per heavy atom. The fraction of sp³-hybridized carbons (Fsp3) is 0.429. The summed E-state index contributed by atoms with van der Waals surface area (Å²) >= 11 is 2.18. The van der Waals surface area contributed by atoms with Crippen molar-refractivity contribution < 1.29 is 4.74 Å². The quantitative estimate of drug-likeness (QED) is 0.846. The molecule has 66 valence electrons. The number of rotatable bonds is 3. The molecule has 12 heavy (non-hydrogen) atoms. The molecule has 1 heterocycles. The van der Waals surface area contributed by atoms with Crippen molar-refractivity contribution >= 4 is 28.4 Å². The third-order valence-electron chi connectivity index (χ3n) is 1.30. The molecule has 0 spiro atoms. The predicted octanol–water partition coefficient (Wildman–Crippen LogP) is 1.27. The molecule has 0 aliphatic rings. The molecule has 0 aromatic carbocycles. The summed E-state index contributed by atoms with van der Waals surface area (Å²) in [6.07, 6.45) is 1.77. The lowest BCUT2D eigenvalue weighted by molar-refractivity contribution is 0.178. The van der Waals surface area contributed by atoms with Gasteiger partial charge in [-0.1, -0.05) is 0 Å². The predicted molar refractivity (Wildman–Crippen MR) is 55.0 cm³/mol. The van der Waals surface area contributed by atoms with Gasteiger partial charge in [0, 0.05) is 20.4 Å². The van der Waals surface area contributed by atoms with Crippen molar-refractivity contribution in [2.24, 2.45) is 0 Å². The highest BCUT2D eigenvalue weighted by molar-refractivity contribution is 14.1. The number of hydrogen-bond acceptors (Lipinski definition) is 4. The highest BCUT2D eigenvalue weighted by Gasteiger charge is 2.01. The summed E-state index contributed by atoms with van der Waals surface area (Å²) in [5.74, 6) is 1.54. The van der Waals surface area contributed by atoms with E-state index in [1.165, 1.54) is 0 Å². The van der Waals surface area contributed by atoms with E-state index >= 15 is 0 Å². The fourth-order valence-electron chi connectivity index (χ4n) is 0.778. The Labute approximate surface area is 84.9 Å². The average molecular weight is 279 g/mol. The maximum absolute atomic E-state index is 4.91. The topological polar surface area (TPSA) is 47.0 Å². The van der Waals surface area contributed by atoms with E-state index in [1.807, 2.05) is 7.05 Å². The van der Waals surface area contributed by atoms with Crippen molar-refractivity contribution in [1.29, 1.82) is 0 Å². The highest BCUT2D eigenvalue weighted by atomic mass is 127. The van der Waals surface area contributed by atoms with Gasteiger partial charge in [-0.25, -0.2) is 9.97 Å². The van der Waals surface area contributed by atoms with Gasteiger partial charge in [0.25, 0.3) is 0 Å². The van der Waals surface area contributed by atoms with E-state index in [1.54, 1.807) is 13.3 Å². The minimum atomic E-state index is 0.450. The molecule has 0 aliphatic carbocycles. The summed E-state index contributed by atoms with van der Waals surface area (Å²) in [5, 5.41) is 2.98. The molecule has 4 nitrogen and oxygen atoms in total. The molecule has 0 fully saturated rings. The summed E-state index contributed by atoms with van der Waals surface area (Å²) < 4.78 is 5.92. The Kier molecular flexibility index (Phi) is 3.67. The normalized spacial score (nSPS) is 9.92. The first kappa shape index (κ1) is 9.66. The van der Waals surface area contributed by atoms with Crippen LogP contribution in [-0.2, 0) is 11.3 Å². The third-order valence-corrected chi connectivity index (χ3v) is 2.09. The molecule has 5 heteroatoms. The summed E-state index contributed by atoms with van der Waals surface area (Å²) in [6.45, 7) is 0.450. The second kappa shape index (κ2) is 4.56. The zero-order valence-corrected chi connectivity index (χ0v) is 9.12. The number of anilines is 1. The second-order valence-corrected chi connectivity index (χ2v) is 3.33. The maximum Gasteiger partial charge on any atom is 0.156 e. The van der Waals surface area contributed by atoms with Gasteiger partial charge in [-0.2, -0.15) is 0 Å². The Balaban J connectivity index is 2.89. The molecule has 0 amide bonds. The lowest BCUT2D eigenvalue weighted by Crippen LogP contribution is -2.02. The minimum absolute atomic E-state index is 0.450. The molecule has 0 radical (unpaired) electrons. The number of methoxy groups -OCH3 is 1. The van der Waals surface area contributed by atoms with E-state index in [2.05, 4.69) is 37.9 Å². The molecule has 0 saturated carbocycles. The first-order chi connectivity index (χ1) is 5.77. The van der Waals surface area contributed by atoms with Gasteiger partial charge in [-0.05, 0) is 22.6 Å². The van der Waals surface area contributed by atoms with Crippen LogP contribution in [-0.4, -0.2) is 24.1 Å². The van der Waals surface area contributed by atoms with Gasteiger partial charge in [0.15, 0.2) is 5.82 Å². The van der Waals surface area contributed by atoms with Crippen LogP contribution < -0.4 is 5.32 Å². The molecule has 1 rings (SSSR count). The Bertz CT molecular complexity index is 267. The van der Waals surface area contributed by atoms with Gasteiger partial charge in [0.2, 0.25) is 0 Å². The fourth-order valence-corrected chi connectivity index (χ4v) is 1.31. The highest BCUT2D eigenvalue weighted by Crippen LogP contribution is 2.13. The summed E-state index contributed by atoms with van der Waals surface area (Å²) in [7, 11) is 3.46. The van der Waals surface area contributed by atoms with Crippen LogP contribution in [0.25, 0.3) is 0 Å². The van der Waals surface area contributed by atoms with Crippen LogP contribution in [0.1, 0.15) is 5.82 Å². The molecule has 0 atom stereocenters. The van der Waals surface area contributed by atoms with Crippen LogP contribution in [0.15, 0.2) is 6.20 Å². The molecule has 1 N–H and O–H groups in total. The van der Waals surface area contributed by atoms with Crippen LogP contribution in [0, 0.1) is 3.57 Å². The smallest absolute Gasteiger partial charge is 0.156 e. The lowest BCUT2D eigenvalue weighted by Gasteiger charge is -2.03. The standard InChI is InChI=1S/C7H10IN3O/c1-9-7-5(8)3-10-6(11-7)4-12-2/h3H,4H2,1-2H3,(H,9,10,11). The maximum atomic E-state index is 4.91. The molecule has 0 aliphatic heterocycles. The molecule has 1 aromatic rings. The second-order valence-electron chi connectivity index (χ2n) is 2.17. The molecule has 0 saturated heterocycles. The summed E-state index contributed by atoms with van der Waals surface area (Å²) in [4.78, 5) is 8.32. The zero-order chi connectivity index (χ0) is 8.97. The number of nitrogens with zero attached hydrogens (tertiary/aromatic N) is 2.